The first-order valence-corrected chi connectivity index (χ1v) is 9.53. The van der Waals surface area contributed by atoms with Crippen molar-refractivity contribution in [1.29, 1.82) is 0 Å². The van der Waals surface area contributed by atoms with E-state index in [9.17, 15) is 4.79 Å². The van der Waals surface area contributed by atoms with Crippen molar-refractivity contribution < 1.29 is 9.53 Å². The molecule has 1 fully saturated rings. The molecule has 1 saturated carbocycles. The maximum absolute atomic E-state index is 11.8. The molecule has 0 spiro atoms. The minimum Gasteiger partial charge on any atom is -0.444 e. The fourth-order valence-electron chi connectivity index (χ4n) is 3.10. The van der Waals surface area contributed by atoms with E-state index < -0.39 is 5.60 Å². The van der Waals surface area contributed by atoms with Crippen molar-refractivity contribution in [2.45, 2.75) is 83.5 Å². The van der Waals surface area contributed by atoms with Gasteiger partial charge in [-0.2, -0.15) is 11.3 Å². The van der Waals surface area contributed by atoms with Gasteiger partial charge in [0.1, 0.15) is 5.60 Å². The van der Waals surface area contributed by atoms with Gasteiger partial charge in [-0.05, 0) is 82.2 Å². The Morgan fingerprint density at radius 3 is 2.52 bits per heavy atom. The summed E-state index contributed by atoms with van der Waals surface area (Å²) in [6, 6.07) is 3.49. The summed E-state index contributed by atoms with van der Waals surface area (Å²) >= 11 is 1.76. The Morgan fingerprint density at radius 1 is 1.30 bits per heavy atom. The fourth-order valence-corrected chi connectivity index (χ4v) is 3.78. The van der Waals surface area contributed by atoms with Gasteiger partial charge in [-0.15, -0.1) is 0 Å². The standard InChI is InChI=1S/C18H30N2O2S/c1-13(11-14-9-10-23-12-14)19-15-5-7-16(8-6-15)20-17(21)22-18(2,3)4/h9-10,12-13,15-16,19H,5-8,11H2,1-4H3,(H,20,21). The minimum atomic E-state index is -0.431. The van der Waals surface area contributed by atoms with Crippen molar-refractivity contribution in [3.05, 3.63) is 22.4 Å². The van der Waals surface area contributed by atoms with E-state index in [1.165, 1.54) is 5.56 Å². The number of rotatable bonds is 5. The van der Waals surface area contributed by atoms with E-state index in [1.54, 1.807) is 11.3 Å². The van der Waals surface area contributed by atoms with Crippen LogP contribution in [0, 0.1) is 0 Å². The van der Waals surface area contributed by atoms with Crippen LogP contribution in [-0.4, -0.2) is 29.8 Å². The zero-order valence-corrected chi connectivity index (χ0v) is 15.5. The lowest BCUT2D eigenvalue weighted by Crippen LogP contribution is -2.45. The molecule has 1 aromatic heterocycles. The van der Waals surface area contributed by atoms with Gasteiger partial charge in [0.05, 0.1) is 0 Å². The van der Waals surface area contributed by atoms with Gasteiger partial charge in [0.2, 0.25) is 0 Å². The number of nitrogens with one attached hydrogen (secondary N) is 2. The Balaban J connectivity index is 1.66. The molecule has 1 heterocycles. The third-order valence-electron chi connectivity index (χ3n) is 4.09. The molecule has 2 N–H and O–H groups in total. The second-order valence-electron chi connectivity index (χ2n) is 7.60. The third-order valence-corrected chi connectivity index (χ3v) is 4.82. The Kier molecular flexibility index (Phi) is 6.48. The normalized spacial score (nSPS) is 23.3. The lowest BCUT2D eigenvalue weighted by atomic mass is 9.90. The maximum Gasteiger partial charge on any atom is 0.407 e. The highest BCUT2D eigenvalue weighted by Gasteiger charge is 2.25. The molecule has 4 nitrogen and oxygen atoms in total. The number of alkyl carbamates (subject to hydrolysis) is 1. The predicted octanol–water partition coefficient (Wildman–Crippen LogP) is 4.10. The molecule has 0 radical (unpaired) electrons. The van der Waals surface area contributed by atoms with Crippen molar-refractivity contribution >= 4 is 17.4 Å². The lowest BCUT2D eigenvalue weighted by Gasteiger charge is -2.32. The lowest BCUT2D eigenvalue weighted by molar-refractivity contribution is 0.0489. The summed E-state index contributed by atoms with van der Waals surface area (Å²) in [4.78, 5) is 11.8. The first-order chi connectivity index (χ1) is 10.8. The zero-order chi connectivity index (χ0) is 16.9. The number of hydrogen-bond donors (Lipinski definition) is 2. The molecular weight excluding hydrogens is 308 g/mol. The fraction of sp³-hybridized carbons (Fsp3) is 0.722. The van der Waals surface area contributed by atoms with Gasteiger partial charge in [0.25, 0.3) is 0 Å². The van der Waals surface area contributed by atoms with Crippen molar-refractivity contribution in [3.63, 3.8) is 0 Å². The Hall–Kier alpha value is -1.07. The Labute approximate surface area is 144 Å². The second-order valence-corrected chi connectivity index (χ2v) is 8.38. The van der Waals surface area contributed by atoms with Crippen LogP contribution in [0.5, 0.6) is 0 Å². The number of carbonyl (C=O) groups excluding carboxylic acids is 1. The quantitative estimate of drug-likeness (QED) is 0.849. The van der Waals surface area contributed by atoms with E-state index >= 15 is 0 Å². The third kappa shape index (κ3) is 6.92. The van der Waals surface area contributed by atoms with Gasteiger partial charge in [0, 0.05) is 18.1 Å². The highest BCUT2D eigenvalue weighted by Crippen LogP contribution is 2.20. The molecule has 0 aliphatic heterocycles. The molecule has 1 aromatic rings. The summed E-state index contributed by atoms with van der Waals surface area (Å²) in [5.74, 6) is 0. The molecule has 23 heavy (non-hydrogen) atoms. The van der Waals surface area contributed by atoms with Crippen LogP contribution in [0.2, 0.25) is 0 Å². The first kappa shape index (κ1) is 18.3. The van der Waals surface area contributed by atoms with Crippen molar-refractivity contribution in [3.8, 4) is 0 Å². The Morgan fingerprint density at radius 2 is 1.96 bits per heavy atom. The Bertz CT molecular complexity index is 474. The van der Waals surface area contributed by atoms with Crippen LogP contribution in [0.15, 0.2) is 16.8 Å². The number of ether oxygens (including phenoxy) is 1. The summed E-state index contributed by atoms with van der Waals surface area (Å²) in [7, 11) is 0. The number of hydrogen-bond acceptors (Lipinski definition) is 4. The summed E-state index contributed by atoms with van der Waals surface area (Å²) in [6.45, 7) is 7.93. The topological polar surface area (TPSA) is 50.4 Å². The van der Waals surface area contributed by atoms with Crippen molar-refractivity contribution in [1.82, 2.24) is 10.6 Å². The average molecular weight is 339 g/mol. The molecule has 1 aliphatic rings. The first-order valence-electron chi connectivity index (χ1n) is 8.58. The predicted molar refractivity (Wildman–Crippen MR) is 96.0 cm³/mol. The number of amides is 1. The van der Waals surface area contributed by atoms with Gasteiger partial charge in [0.15, 0.2) is 0 Å². The van der Waals surface area contributed by atoms with Gasteiger partial charge in [-0.3, -0.25) is 0 Å². The van der Waals surface area contributed by atoms with E-state index in [0.29, 0.717) is 12.1 Å². The van der Waals surface area contributed by atoms with Crippen LogP contribution in [-0.2, 0) is 11.2 Å². The molecular formula is C18H30N2O2S. The monoisotopic (exact) mass is 338 g/mol. The summed E-state index contributed by atoms with van der Waals surface area (Å²) in [5.41, 5.74) is 0.982. The molecule has 1 atom stereocenters. The highest BCUT2D eigenvalue weighted by molar-refractivity contribution is 7.07. The summed E-state index contributed by atoms with van der Waals surface area (Å²) in [6.07, 6.45) is 5.03. The molecule has 130 valence electrons. The molecule has 2 rings (SSSR count). The van der Waals surface area contributed by atoms with Crippen LogP contribution < -0.4 is 10.6 Å². The molecule has 0 saturated heterocycles. The van der Waals surface area contributed by atoms with E-state index in [1.807, 2.05) is 20.8 Å². The molecule has 0 aromatic carbocycles. The van der Waals surface area contributed by atoms with Crippen LogP contribution in [0.4, 0.5) is 4.79 Å². The van der Waals surface area contributed by atoms with Crippen LogP contribution in [0.1, 0.15) is 58.9 Å². The molecule has 0 bridgehead atoms. The maximum atomic E-state index is 11.8. The second kappa shape index (κ2) is 8.15. The van der Waals surface area contributed by atoms with Gasteiger partial charge < -0.3 is 15.4 Å². The number of thiophene rings is 1. The van der Waals surface area contributed by atoms with Crippen LogP contribution >= 0.6 is 11.3 Å². The number of carbonyl (C=O) groups is 1. The summed E-state index contributed by atoms with van der Waals surface area (Å²) in [5, 5.41) is 11.1. The van der Waals surface area contributed by atoms with Gasteiger partial charge in [-0.1, -0.05) is 0 Å². The summed E-state index contributed by atoms with van der Waals surface area (Å²) < 4.78 is 5.33. The zero-order valence-electron chi connectivity index (χ0n) is 14.7. The van der Waals surface area contributed by atoms with Gasteiger partial charge >= 0.3 is 6.09 Å². The van der Waals surface area contributed by atoms with Crippen molar-refractivity contribution in [2.24, 2.45) is 0 Å². The molecule has 1 amide bonds. The smallest absolute Gasteiger partial charge is 0.407 e. The molecule has 1 aliphatic carbocycles. The van der Waals surface area contributed by atoms with E-state index in [4.69, 9.17) is 4.74 Å². The van der Waals surface area contributed by atoms with E-state index in [0.717, 1.165) is 32.1 Å². The highest BCUT2D eigenvalue weighted by atomic mass is 32.1. The van der Waals surface area contributed by atoms with Crippen molar-refractivity contribution in [2.75, 3.05) is 0 Å². The van der Waals surface area contributed by atoms with Crippen LogP contribution in [0.3, 0.4) is 0 Å². The van der Waals surface area contributed by atoms with E-state index in [-0.39, 0.29) is 12.1 Å². The minimum absolute atomic E-state index is 0.245. The molecule has 1 unspecified atom stereocenters. The van der Waals surface area contributed by atoms with E-state index in [2.05, 4.69) is 34.4 Å². The average Bonchev–Trinajstić information content (AvgIpc) is 2.91. The largest absolute Gasteiger partial charge is 0.444 e. The van der Waals surface area contributed by atoms with Gasteiger partial charge in [-0.25, -0.2) is 4.79 Å². The SMILES string of the molecule is CC(Cc1ccsc1)NC1CCC(NC(=O)OC(C)(C)C)CC1. The van der Waals surface area contributed by atoms with Crippen LogP contribution in [0.25, 0.3) is 0 Å². The molecule has 5 heteroatoms.